The second-order valence-corrected chi connectivity index (χ2v) is 7.08. The number of anilines is 2. The van der Waals surface area contributed by atoms with E-state index in [-0.39, 0.29) is 10.6 Å². The third-order valence-corrected chi connectivity index (χ3v) is 5.02. The molecule has 0 bridgehead atoms. The van der Waals surface area contributed by atoms with Gasteiger partial charge in [-0.05, 0) is 60.5 Å². The Hall–Kier alpha value is -3.86. The first-order chi connectivity index (χ1) is 14.6. The van der Waals surface area contributed by atoms with E-state index in [1.807, 2.05) is 49.4 Å². The first-order valence-electron chi connectivity index (χ1n) is 9.82. The summed E-state index contributed by atoms with van der Waals surface area (Å²) in [7, 11) is 0. The molecule has 0 N–H and O–H groups in total. The monoisotopic (exact) mass is 398 g/mol. The van der Waals surface area contributed by atoms with Crippen LogP contribution in [0.15, 0.2) is 90.6 Å². The molecule has 3 aromatic carbocycles. The van der Waals surface area contributed by atoms with Gasteiger partial charge in [-0.1, -0.05) is 36.4 Å². The molecule has 4 rings (SSSR count). The fourth-order valence-corrected chi connectivity index (χ4v) is 3.52. The summed E-state index contributed by atoms with van der Waals surface area (Å²) in [6.45, 7) is 2.64. The van der Waals surface area contributed by atoms with Crippen molar-refractivity contribution in [1.29, 1.82) is 0 Å². The van der Waals surface area contributed by atoms with Crippen molar-refractivity contribution in [2.45, 2.75) is 13.3 Å². The molecule has 0 saturated heterocycles. The van der Waals surface area contributed by atoms with Crippen LogP contribution in [-0.4, -0.2) is 11.5 Å². The summed E-state index contributed by atoms with van der Waals surface area (Å²) >= 11 is 0. The van der Waals surface area contributed by atoms with E-state index in [1.165, 1.54) is 17.7 Å². The maximum absolute atomic E-state index is 11.0. The SMILES string of the molecule is CC1=CC=Cc2cc(CCOc3ccccc3)ccc2N1c1ccc([N+](=O)[O-])cc1. The molecule has 1 aliphatic rings. The first kappa shape index (κ1) is 19.5. The van der Waals surface area contributed by atoms with Crippen LogP contribution in [0.4, 0.5) is 17.1 Å². The van der Waals surface area contributed by atoms with Crippen LogP contribution in [0, 0.1) is 10.1 Å². The van der Waals surface area contributed by atoms with Gasteiger partial charge in [-0.25, -0.2) is 0 Å². The summed E-state index contributed by atoms with van der Waals surface area (Å²) in [6, 6.07) is 22.8. The van der Waals surface area contributed by atoms with Gasteiger partial charge in [-0.15, -0.1) is 0 Å². The molecule has 30 heavy (non-hydrogen) atoms. The third kappa shape index (κ3) is 4.25. The number of nitro benzene ring substituents is 1. The van der Waals surface area contributed by atoms with E-state index in [1.54, 1.807) is 12.1 Å². The highest BCUT2D eigenvalue weighted by molar-refractivity contribution is 5.80. The molecule has 3 aromatic rings. The van der Waals surface area contributed by atoms with E-state index in [2.05, 4.69) is 29.2 Å². The fraction of sp³-hybridized carbons (Fsp3) is 0.120. The second-order valence-electron chi connectivity index (χ2n) is 7.08. The summed E-state index contributed by atoms with van der Waals surface area (Å²) < 4.78 is 5.82. The van der Waals surface area contributed by atoms with Gasteiger partial charge in [0.1, 0.15) is 5.75 Å². The number of hydrogen-bond donors (Lipinski definition) is 0. The van der Waals surface area contributed by atoms with Gasteiger partial charge in [-0.3, -0.25) is 10.1 Å². The van der Waals surface area contributed by atoms with Crippen molar-refractivity contribution in [1.82, 2.24) is 0 Å². The summed E-state index contributed by atoms with van der Waals surface area (Å²) in [4.78, 5) is 12.7. The fourth-order valence-electron chi connectivity index (χ4n) is 3.52. The normalized spacial score (nSPS) is 12.7. The average Bonchev–Trinajstić information content (AvgIpc) is 2.92. The number of hydrogen-bond acceptors (Lipinski definition) is 4. The summed E-state index contributed by atoms with van der Waals surface area (Å²) in [6.07, 6.45) is 6.97. The van der Waals surface area contributed by atoms with Gasteiger partial charge in [0.05, 0.1) is 17.2 Å². The standard InChI is InChI=1S/C25H22N2O3/c1-19-6-5-7-21-18-20(16-17-30-24-8-3-2-4-9-24)10-15-25(21)26(19)22-11-13-23(14-12-22)27(28)29/h2-15,18H,16-17H2,1H3. The minimum Gasteiger partial charge on any atom is -0.493 e. The van der Waals surface area contributed by atoms with Crippen molar-refractivity contribution >= 4 is 23.1 Å². The Morgan fingerprint density at radius 3 is 2.50 bits per heavy atom. The molecule has 0 spiro atoms. The minimum absolute atomic E-state index is 0.0855. The predicted molar refractivity (Wildman–Crippen MR) is 120 cm³/mol. The molecular formula is C25H22N2O3. The molecule has 150 valence electrons. The summed E-state index contributed by atoms with van der Waals surface area (Å²) in [5.41, 5.74) is 5.34. The topological polar surface area (TPSA) is 55.6 Å². The zero-order chi connectivity index (χ0) is 20.9. The summed E-state index contributed by atoms with van der Waals surface area (Å²) in [5.74, 6) is 0.872. The van der Waals surface area contributed by atoms with Crippen LogP contribution in [0.1, 0.15) is 18.1 Å². The van der Waals surface area contributed by atoms with Crippen LogP contribution in [0.3, 0.4) is 0 Å². The maximum Gasteiger partial charge on any atom is 0.269 e. The Balaban J connectivity index is 1.56. The van der Waals surface area contributed by atoms with Crippen molar-refractivity contribution in [2.24, 2.45) is 0 Å². The minimum atomic E-state index is -0.381. The highest BCUT2D eigenvalue weighted by Gasteiger charge is 2.17. The Morgan fingerprint density at radius 1 is 1.00 bits per heavy atom. The van der Waals surface area contributed by atoms with Crippen molar-refractivity contribution in [3.63, 3.8) is 0 Å². The Morgan fingerprint density at radius 2 is 1.77 bits per heavy atom. The number of nitro groups is 1. The van der Waals surface area contributed by atoms with E-state index in [9.17, 15) is 10.1 Å². The molecule has 0 aromatic heterocycles. The second kappa shape index (κ2) is 8.66. The van der Waals surface area contributed by atoms with E-state index in [0.29, 0.717) is 6.61 Å². The molecule has 5 nitrogen and oxygen atoms in total. The number of nitrogens with zero attached hydrogens (tertiary/aromatic N) is 2. The molecule has 0 unspecified atom stereocenters. The zero-order valence-corrected chi connectivity index (χ0v) is 16.7. The maximum atomic E-state index is 11.0. The highest BCUT2D eigenvalue weighted by Crippen LogP contribution is 2.36. The van der Waals surface area contributed by atoms with E-state index < -0.39 is 0 Å². The van der Waals surface area contributed by atoms with Crippen LogP contribution in [-0.2, 0) is 6.42 Å². The van der Waals surface area contributed by atoms with Gasteiger partial charge < -0.3 is 9.64 Å². The molecule has 0 radical (unpaired) electrons. The predicted octanol–water partition coefficient (Wildman–Crippen LogP) is 6.29. The average molecular weight is 398 g/mol. The number of fused-ring (bicyclic) bond motifs is 1. The Kier molecular flexibility index (Phi) is 5.61. The van der Waals surface area contributed by atoms with Crippen molar-refractivity contribution in [2.75, 3.05) is 11.5 Å². The third-order valence-electron chi connectivity index (χ3n) is 5.02. The van der Waals surface area contributed by atoms with E-state index in [0.717, 1.165) is 34.8 Å². The lowest BCUT2D eigenvalue weighted by atomic mass is 10.0. The molecule has 5 heteroatoms. The van der Waals surface area contributed by atoms with Gasteiger partial charge in [-0.2, -0.15) is 0 Å². The lowest BCUT2D eigenvalue weighted by molar-refractivity contribution is -0.384. The number of non-ortho nitro benzene ring substituents is 1. The quantitative estimate of drug-likeness (QED) is 0.362. The lowest BCUT2D eigenvalue weighted by Crippen LogP contribution is -2.15. The lowest BCUT2D eigenvalue weighted by Gasteiger charge is -2.26. The van der Waals surface area contributed by atoms with Gasteiger partial charge >= 0.3 is 0 Å². The van der Waals surface area contributed by atoms with Gasteiger partial charge in [0, 0.05) is 29.9 Å². The zero-order valence-electron chi connectivity index (χ0n) is 16.7. The molecule has 1 heterocycles. The molecule has 0 atom stereocenters. The highest BCUT2D eigenvalue weighted by atomic mass is 16.6. The van der Waals surface area contributed by atoms with Crippen LogP contribution in [0.5, 0.6) is 5.75 Å². The van der Waals surface area contributed by atoms with Gasteiger partial charge in [0.2, 0.25) is 0 Å². The van der Waals surface area contributed by atoms with Crippen molar-refractivity contribution in [3.8, 4) is 5.75 Å². The largest absolute Gasteiger partial charge is 0.493 e. The van der Waals surface area contributed by atoms with Crippen molar-refractivity contribution in [3.05, 3.63) is 112 Å². The molecule has 1 aliphatic heterocycles. The Labute approximate surface area is 175 Å². The van der Waals surface area contributed by atoms with Crippen LogP contribution >= 0.6 is 0 Å². The number of para-hydroxylation sites is 1. The Bertz CT molecular complexity index is 1100. The molecule has 0 fully saturated rings. The molecular weight excluding hydrogens is 376 g/mol. The smallest absolute Gasteiger partial charge is 0.269 e. The van der Waals surface area contributed by atoms with E-state index in [4.69, 9.17) is 4.74 Å². The first-order valence-corrected chi connectivity index (χ1v) is 9.82. The summed E-state index contributed by atoms with van der Waals surface area (Å²) in [5, 5.41) is 11.0. The van der Waals surface area contributed by atoms with Crippen LogP contribution in [0.2, 0.25) is 0 Å². The van der Waals surface area contributed by atoms with Crippen LogP contribution < -0.4 is 9.64 Å². The van der Waals surface area contributed by atoms with Gasteiger partial charge in [0.15, 0.2) is 0 Å². The van der Waals surface area contributed by atoms with Crippen molar-refractivity contribution < 1.29 is 9.66 Å². The molecule has 0 aliphatic carbocycles. The van der Waals surface area contributed by atoms with Gasteiger partial charge in [0.25, 0.3) is 5.69 Å². The number of benzene rings is 3. The van der Waals surface area contributed by atoms with Crippen LogP contribution in [0.25, 0.3) is 6.08 Å². The number of ether oxygens (including phenoxy) is 1. The number of allylic oxidation sites excluding steroid dienone is 3. The van der Waals surface area contributed by atoms with E-state index >= 15 is 0 Å². The molecule has 0 saturated carbocycles. The molecule has 0 amide bonds. The number of rotatable bonds is 6.